The van der Waals surface area contributed by atoms with Gasteiger partial charge in [0.25, 0.3) is 5.91 Å². The molecule has 8 nitrogen and oxygen atoms in total. The Bertz CT molecular complexity index is 1120. The molecule has 0 unspecified atom stereocenters. The number of rotatable bonds is 5. The predicted octanol–water partition coefficient (Wildman–Crippen LogP) is 3.79. The van der Waals surface area contributed by atoms with Gasteiger partial charge in [-0.2, -0.15) is 0 Å². The molecule has 1 aliphatic rings. The van der Waals surface area contributed by atoms with Crippen LogP contribution in [-0.2, 0) is 14.3 Å². The molecule has 1 amide bonds. The molecule has 154 valence electrons. The van der Waals surface area contributed by atoms with E-state index in [1.165, 1.54) is 37.3 Å². The van der Waals surface area contributed by atoms with Crippen LogP contribution in [-0.4, -0.2) is 31.0 Å². The van der Waals surface area contributed by atoms with Crippen molar-refractivity contribution < 1.29 is 24.0 Å². The SMILES string of the molecule is COC(=O)C1=C(C)N(c2cccc(C)c2)C(=O)/C1=C\c1ccc(OC)c([N+](=O)[O-])c1. The van der Waals surface area contributed by atoms with Crippen LogP contribution in [0.25, 0.3) is 6.08 Å². The van der Waals surface area contributed by atoms with Gasteiger partial charge in [-0.3, -0.25) is 19.8 Å². The number of esters is 1. The molecule has 8 heteroatoms. The van der Waals surface area contributed by atoms with E-state index in [0.717, 1.165) is 5.56 Å². The molecule has 2 aromatic rings. The van der Waals surface area contributed by atoms with Crippen molar-refractivity contribution in [2.75, 3.05) is 19.1 Å². The highest BCUT2D eigenvalue weighted by Crippen LogP contribution is 2.36. The lowest BCUT2D eigenvalue weighted by Gasteiger charge is -2.18. The van der Waals surface area contributed by atoms with Crippen LogP contribution in [0.4, 0.5) is 11.4 Å². The van der Waals surface area contributed by atoms with Crippen molar-refractivity contribution in [2.45, 2.75) is 13.8 Å². The molecule has 0 aliphatic carbocycles. The number of allylic oxidation sites excluding steroid dienone is 1. The summed E-state index contributed by atoms with van der Waals surface area (Å²) in [7, 11) is 2.57. The quantitative estimate of drug-likeness (QED) is 0.323. The standard InChI is InChI=1S/C22H20N2O6/c1-13-6-5-7-16(10-13)23-14(2)20(22(26)30-4)17(21(23)25)11-15-8-9-19(29-3)18(12-15)24(27)28/h5-12H,1-4H3/b17-11-. The van der Waals surface area contributed by atoms with Gasteiger partial charge in [0.2, 0.25) is 0 Å². The number of nitro groups is 1. The zero-order valence-electron chi connectivity index (χ0n) is 17.0. The molecule has 0 fully saturated rings. The van der Waals surface area contributed by atoms with E-state index >= 15 is 0 Å². The van der Waals surface area contributed by atoms with Crippen LogP contribution in [0.2, 0.25) is 0 Å². The van der Waals surface area contributed by atoms with Crippen LogP contribution in [0.3, 0.4) is 0 Å². The number of nitrogens with zero attached hydrogens (tertiary/aromatic N) is 2. The van der Waals surface area contributed by atoms with E-state index in [9.17, 15) is 19.7 Å². The predicted molar refractivity (Wildman–Crippen MR) is 111 cm³/mol. The van der Waals surface area contributed by atoms with Gasteiger partial charge < -0.3 is 9.47 Å². The van der Waals surface area contributed by atoms with Gasteiger partial charge >= 0.3 is 11.7 Å². The maximum atomic E-state index is 13.3. The summed E-state index contributed by atoms with van der Waals surface area (Å²) >= 11 is 0. The van der Waals surface area contributed by atoms with E-state index < -0.39 is 16.8 Å². The molecule has 1 aliphatic heterocycles. The summed E-state index contributed by atoms with van der Waals surface area (Å²) in [6, 6.07) is 11.6. The number of methoxy groups -OCH3 is 2. The Morgan fingerprint density at radius 1 is 1.13 bits per heavy atom. The molecular weight excluding hydrogens is 388 g/mol. The minimum Gasteiger partial charge on any atom is -0.490 e. The molecular formula is C22H20N2O6. The first-order chi connectivity index (χ1) is 14.3. The average molecular weight is 408 g/mol. The van der Waals surface area contributed by atoms with Gasteiger partial charge in [-0.15, -0.1) is 0 Å². The van der Waals surface area contributed by atoms with Crippen LogP contribution >= 0.6 is 0 Å². The minimum atomic E-state index is -0.662. The molecule has 0 saturated heterocycles. The third-order valence-corrected chi connectivity index (χ3v) is 4.76. The van der Waals surface area contributed by atoms with Crippen LogP contribution in [0.15, 0.2) is 59.3 Å². The highest BCUT2D eigenvalue weighted by atomic mass is 16.6. The number of aryl methyl sites for hydroxylation is 1. The highest BCUT2D eigenvalue weighted by Gasteiger charge is 2.38. The number of hydrogen-bond acceptors (Lipinski definition) is 6. The number of benzene rings is 2. The van der Waals surface area contributed by atoms with Crippen LogP contribution in [0.5, 0.6) is 5.75 Å². The number of hydrogen-bond donors (Lipinski definition) is 0. The summed E-state index contributed by atoms with van der Waals surface area (Å²) in [4.78, 5) is 37.9. The molecule has 30 heavy (non-hydrogen) atoms. The van der Waals surface area contributed by atoms with Crippen molar-refractivity contribution in [1.82, 2.24) is 0 Å². The van der Waals surface area contributed by atoms with Crippen LogP contribution in [0.1, 0.15) is 18.1 Å². The van der Waals surface area contributed by atoms with E-state index in [-0.39, 0.29) is 22.6 Å². The second kappa shape index (κ2) is 8.20. The lowest BCUT2D eigenvalue weighted by atomic mass is 10.0. The van der Waals surface area contributed by atoms with Gasteiger partial charge in [0.1, 0.15) is 0 Å². The Kier molecular flexibility index (Phi) is 5.68. The first-order valence-corrected chi connectivity index (χ1v) is 9.03. The number of nitro benzene ring substituents is 1. The van der Waals surface area contributed by atoms with Crippen molar-refractivity contribution in [2.24, 2.45) is 0 Å². The van der Waals surface area contributed by atoms with Crippen molar-refractivity contribution >= 4 is 29.3 Å². The van der Waals surface area contributed by atoms with Crippen molar-refractivity contribution in [3.8, 4) is 5.75 Å². The Hall–Kier alpha value is -3.94. The number of ether oxygens (including phenoxy) is 2. The molecule has 3 rings (SSSR count). The highest BCUT2D eigenvalue weighted by molar-refractivity contribution is 6.23. The lowest BCUT2D eigenvalue weighted by Crippen LogP contribution is -2.24. The number of carbonyl (C=O) groups excluding carboxylic acids is 2. The molecule has 2 aromatic carbocycles. The van der Waals surface area contributed by atoms with Crippen molar-refractivity contribution in [3.63, 3.8) is 0 Å². The van der Waals surface area contributed by atoms with Gasteiger partial charge in [-0.25, -0.2) is 4.79 Å². The van der Waals surface area contributed by atoms with Gasteiger partial charge in [0.15, 0.2) is 5.75 Å². The molecule has 0 N–H and O–H groups in total. The zero-order chi connectivity index (χ0) is 22.0. The second-order valence-corrected chi connectivity index (χ2v) is 6.68. The van der Waals surface area contributed by atoms with E-state index in [1.807, 2.05) is 25.1 Å². The Morgan fingerprint density at radius 2 is 1.87 bits per heavy atom. The fourth-order valence-corrected chi connectivity index (χ4v) is 3.36. The number of amides is 1. The Morgan fingerprint density at radius 3 is 2.47 bits per heavy atom. The molecule has 0 saturated carbocycles. The first-order valence-electron chi connectivity index (χ1n) is 9.03. The third kappa shape index (κ3) is 3.67. The summed E-state index contributed by atoms with van der Waals surface area (Å²) in [5.74, 6) is -0.983. The Balaban J connectivity index is 2.16. The molecule has 0 spiro atoms. The van der Waals surface area contributed by atoms with E-state index in [2.05, 4.69) is 0 Å². The number of carbonyl (C=O) groups is 2. The first kappa shape index (κ1) is 20.8. The summed E-state index contributed by atoms with van der Waals surface area (Å²) in [5, 5.41) is 11.3. The normalized spacial score (nSPS) is 15.0. The fraction of sp³-hybridized carbons (Fsp3) is 0.182. The fourth-order valence-electron chi connectivity index (χ4n) is 3.36. The maximum absolute atomic E-state index is 13.3. The second-order valence-electron chi connectivity index (χ2n) is 6.68. The minimum absolute atomic E-state index is 0.0975. The smallest absolute Gasteiger partial charge is 0.340 e. The Labute approximate surface area is 173 Å². The van der Waals surface area contributed by atoms with E-state index in [4.69, 9.17) is 9.47 Å². The van der Waals surface area contributed by atoms with E-state index in [0.29, 0.717) is 16.9 Å². The topological polar surface area (TPSA) is 99.0 Å². The van der Waals surface area contributed by atoms with E-state index in [1.54, 1.807) is 19.1 Å². The summed E-state index contributed by atoms with van der Waals surface area (Å²) in [6.07, 6.45) is 1.44. The molecule has 0 aromatic heterocycles. The maximum Gasteiger partial charge on any atom is 0.340 e. The average Bonchev–Trinajstić information content (AvgIpc) is 2.96. The molecule has 1 heterocycles. The summed E-state index contributed by atoms with van der Waals surface area (Å²) < 4.78 is 9.89. The monoisotopic (exact) mass is 408 g/mol. The van der Waals surface area contributed by atoms with Gasteiger partial charge in [0, 0.05) is 17.5 Å². The van der Waals surface area contributed by atoms with Crippen molar-refractivity contribution in [1.29, 1.82) is 0 Å². The molecule has 0 radical (unpaired) electrons. The third-order valence-electron chi connectivity index (χ3n) is 4.76. The summed E-state index contributed by atoms with van der Waals surface area (Å²) in [5.41, 5.74) is 2.34. The largest absolute Gasteiger partial charge is 0.490 e. The zero-order valence-corrected chi connectivity index (χ0v) is 17.0. The molecule has 0 atom stereocenters. The number of anilines is 1. The van der Waals surface area contributed by atoms with Gasteiger partial charge in [0.05, 0.1) is 30.3 Å². The molecule has 0 bridgehead atoms. The van der Waals surface area contributed by atoms with Gasteiger partial charge in [-0.1, -0.05) is 18.2 Å². The van der Waals surface area contributed by atoms with Gasteiger partial charge in [-0.05, 0) is 49.2 Å². The lowest BCUT2D eigenvalue weighted by molar-refractivity contribution is -0.385. The van der Waals surface area contributed by atoms with Crippen LogP contribution in [0, 0.1) is 17.0 Å². The van der Waals surface area contributed by atoms with Crippen molar-refractivity contribution in [3.05, 3.63) is 80.5 Å². The summed E-state index contributed by atoms with van der Waals surface area (Å²) in [6.45, 7) is 3.56. The van der Waals surface area contributed by atoms with Crippen LogP contribution < -0.4 is 9.64 Å².